The number of imidazole rings is 1. The number of hydrogen-bond donors (Lipinski definition) is 1. The van der Waals surface area contributed by atoms with Crippen LogP contribution in [0.5, 0.6) is 0 Å². The highest BCUT2D eigenvalue weighted by Crippen LogP contribution is 2.31. The maximum Gasteiger partial charge on any atom is 0.279 e. The minimum absolute atomic E-state index is 0.0220. The molecule has 1 fully saturated rings. The van der Waals surface area contributed by atoms with Crippen molar-refractivity contribution in [1.82, 2.24) is 19.9 Å². The number of nitrogens with zero attached hydrogens (tertiary/aromatic N) is 8. The lowest BCUT2D eigenvalue weighted by molar-refractivity contribution is -0.384. The van der Waals surface area contributed by atoms with E-state index in [1.54, 1.807) is 12.3 Å². The largest absolute Gasteiger partial charge is 0.352 e. The number of nitrogens with one attached hydrogen (secondary N) is 1. The Morgan fingerprint density at radius 2 is 1.84 bits per heavy atom. The van der Waals surface area contributed by atoms with Gasteiger partial charge in [0, 0.05) is 55.5 Å². The second-order valence-corrected chi connectivity index (χ2v) is 10.5. The van der Waals surface area contributed by atoms with Crippen molar-refractivity contribution in [3.05, 3.63) is 86.4 Å². The standard InChI is InChI=1S/C27H29N9O2/c1-27(2,3)20-7-5-19(6-8-20)25-30-22-10-11-29-26(24(22)31-25)35-14-12-34(13-15-35)17-18-4-9-21(32-33-28)23(16-18)36(37)38/h4-11,16H,12-15,17H2,1-3H3,(H,30,31). The van der Waals surface area contributed by atoms with Crippen molar-refractivity contribution in [2.75, 3.05) is 31.1 Å². The van der Waals surface area contributed by atoms with Gasteiger partial charge in [0.2, 0.25) is 0 Å². The van der Waals surface area contributed by atoms with Gasteiger partial charge in [-0.3, -0.25) is 15.0 Å². The van der Waals surface area contributed by atoms with Crippen molar-refractivity contribution in [1.29, 1.82) is 0 Å². The number of nitro benzene ring substituents is 1. The highest BCUT2D eigenvalue weighted by atomic mass is 16.6. The van der Waals surface area contributed by atoms with E-state index in [0.717, 1.165) is 60.0 Å². The highest BCUT2D eigenvalue weighted by Gasteiger charge is 2.23. The number of fused-ring (bicyclic) bond motifs is 1. The summed E-state index contributed by atoms with van der Waals surface area (Å²) in [6.07, 6.45) is 1.80. The zero-order chi connectivity index (χ0) is 26.9. The van der Waals surface area contributed by atoms with Crippen LogP contribution in [0, 0.1) is 10.1 Å². The van der Waals surface area contributed by atoms with Crippen LogP contribution in [-0.4, -0.2) is 51.0 Å². The fourth-order valence-electron chi connectivity index (χ4n) is 4.74. The maximum absolute atomic E-state index is 11.4. The number of H-pyrrole nitrogens is 1. The Bertz CT molecular complexity index is 1520. The number of aromatic nitrogens is 3. The number of azide groups is 1. The molecule has 0 saturated carbocycles. The van der Waals surface area contributed by atoms with Gasteiger partial charge in [0.15, 0.2) is 5.82 Å². The van der Waals surface area contributed by atoms with Crippen LogP contribution >= 0.6 is 0 Å². The van der Waals surface area contributed by atoms with Gasteiger partial charge in [-0.1, -0.05) is 56.2 Å². The van der Waals surface area contributed by atoms with E-state index in [-0.39, 0.29) is 16.8 Å². The summed E-state index contributed by atoms with van der Waals surface area (Å²) in [5, 5.41) is 14.8. The summed E-state index contributed by atoms with van der Waals surface area (Å²) >= 11 is 0. The Kier molecular flexibility index (Phi) is 6.71. The molecule has 1 aliphatic heterocycles. The summed E-state index contributed by atoms with van der Waals surface area (Å²) in [5.74, 6) is 1.67. The number of aromatic amines is 1. The Labute approximate surface area is 219 Å². The van der Waals surface area contributed by atoms with Crippen LogP contribution in [0.1, 0.15) is 31.9 Å². The molecular weight excluding hydrogens is 482 g/mol. The van der Waals surface area contributed by atoms with Crippen LogP contribution in [0.25, 0.3) is 32.9 Å². The third-order valence-electron chi connectivity index (χ3n) is 6.87. The Morgan fingerprint density at radius 3 is 2.50 bits per heavy atom. The van der Waals surface area contributed by atoms with Crippen molar-refractivity contribution < 1.29 is 4.92 Å². The normalized spacial score (nSPS) is 14.4. The average molecular weight is 512 g/mol. The van der Waals surface area contributed by atoms with Gasteiger partial charge in [0.1, 0.15) is 17.0 Å². The van der Waals surface area contributed by atoms with Crippen LogP contribution in [0.2, 0.25) is 0 Å². The first-order chi connectivity index (χ1) is 18.2. The highest BCUT2D eigenvalue weighted by molar-refractivity contribution is 5.88. The smallest absolute Gasteiger partial charge is 0.279 e. The van der Waals surface area contributed by atoms with Gasteiger partial charge >= 0.3 is 0 Å². The Balaban J connectivity index is 1.30. The van der Waals surface area contributed by atoms with Crippen LogP contribution in [0.3, 0.4) is 0 Å². The summed E-state index contributed by atoms with van der Waals surface area (Å²) in [7, 11) is 0. The van der Waals surface area contributed by atoms with Crippen LogP contribution in [0.4, 0.5) is 17.2 Å². The minimum Gasteiger partial charge on any atom is -0.352 e. The maximum atomic E-state index is 11.4. The Hall–Kier alpha value is -4.47. The van der Waals surface area contributed by atoms with E-state index in [1.807, 2.05) is 6.07 Å². The van der Waals surface area contributed by atoms with Gasteiger partial charge in [-0.05, 0) is 34.2 Å². The molecule has 0 spiro atoms. The quantitative estimate of drug-likeness (QED) is 0.109. The number of anilines is 1. The molecule has 0 amide bonds. The van der Waals surface area contributed by atoms with Gasteiger partial charge in [0.05, 0.1) is 10.4 Å². The molecule has 5 rings (SSSR count). The van der Waals surface area contributed by atoms with Gasteiger partial charge in [-0.25, -0.2) is 9.97 Å². The first-order valence-corrected chi connectivity index (χ1v) is 12.5. The third kappa shape index (κ3) is 5.15. The second kappa shape index (κ2) is 10.1. The van der Waals surface area contributed by atoms with Crippen molar-refractivity contribution in [2.45, 2.75) is 32.7 Å². The molecule has 3 heterocycles. The van der Waals surface area contributed by atoms with E-state index in [9.17, 15) is 10.1 Å². The van der Waals surface area contributed by atoms with Crippen LogP contribution < -0.4 is 4.90 Å². The number of nitro groups is 1. The lowest BCUT2D eigenvalue weighted by atomic mass is 9.87. The van der Waals surface area contributed by atoms with Gasteiger partial charge in [-0.15, -0.1) is 0 Å². The summed E-state index contributed by atoms with van der Waals surface area (Å²) < 4.78 is 0. The van der Waals surface area contributed by atoms with Gasteiger partial charge in [-0.2, -0.15) is 0 Å². The molecule has 0 radical (unpaired) electrons. The van der Waals surface area contributed by atoms with Gasteiger partial charge < -0.3 is 9.88 Å². The number of piperazine rings is 1. The molecule has 0 aliphatic carbocycles. The lowest BCUT2D eigenvalue weighted by Crippen LogP contribution is -2.46. The molecule has 1 N–H and O–H groups in total. The molecule has 2 aromatic carbocycles. The molecule has 0 atom stereocenters. The van der Waals surface area contributed by atoms with Crippen molar-refractivity contribution >= 4 is 28.2 Å². The SMILES string of the molecule is CC(C)(C)c1ccc(-c2nc3c(N4CCN(Cc5ccc(N=[N+]=[N-])c([N+](=O)[O-])c5)CC4)nccc3[nH]2)cc1. The molecule has 2 aromatic heterocycles. The first kappa shape index (κ1) is 25.2. The van der Waals surface area contributed by atoms with E-state index < -0.39 is 4.92 Å². The number of hydrogen-bond acceptors (Lipinski definition) is 7. The molecule has 11 heteroatoms. The number of benzene rings is 2. The fourth-order valence-corrected chi connectivity index (χ4v) is 4.74. The summed E-state index contributed by atoms with van der Waals surface area (Å²) in [6.45, 7) is 10.2. The van der Waals surface area contributed by atoms with E-state index in [4.69, 9.17) is 10.5 Å². The summed E-state index contributed by atoms with van der Waals surface area (Å²) in [6, 6.07) is 15.2. The molecule has 38 heavy (non-hydrogen) atoms. The number of rotatable bonds is 6. The predicted octanol–water partition coefficient (Wildman–Crippen LogP) is 6.09. The average Bonchev–Trinajstić information content (AvgIpc) is 3.34. The fraction of sp³-hybridized carbons (Fsp3) is 0.333. The molecule has 1 saturated heterocycles. The second-order valence-electron chi connectivity index (χ2n) is 10.5. The Morgan fingerprint density at radius 1 is 1.11 bits per heavy atom. The molecule has 0 unspecified atom stereocenters. The van der Waals surface area contributed by atoms with E-state index >= 15 is 0 Å². The van der Waals surface area contributed by atoms with Crippen molar-refractivity contribution in [3.8, 4) is 11.4 Å². The lowest BCUT2D eigenvalue weighted by Gasteiger charge is -2.35. The third-order valence-corrected chi connectivity index (χ3v) is 6.87. The van der Waals surface area contributed by atoms with Gasteiger partial charge in [0.25, 0.3) is 5.69 Å². The summed E-state index contributed by atoms with van der Waals surface area (Å²) in [5.41, 5.74) is 13.5. The molecule has 11 nitrogen and oxygen atoms in total. The molecular formula is C27H29N9O2. The molecule has 1 aliphatic rings. The van der Waals surface area contributed by atoms with E-state index in [2.05, 4.69) is 74.8 Å². The number of pyridine rings is 1. The minimum atomic E-state index is -0.519. The molecule has 0 bridgehead atoms. The van der Waals surface area contributed by atoms with Crippen molar-refractivity contribution in [3.63, 3.8) is 0 Å². The monoisotopic (exact) mass is 511 g/mol. The summed E-state index contributed by atoms with van der Waals surface area (Å²) in [4.78, 5) is 31.0. The zero-order valence-electron chi connectivity index (χ0n) is 21.6. The topological polar surface area (TPSA) is 140 Å². The van der Waals surface area contributed by atoms with Crippen molar-refractivity contribution in [2.24, 2.45) is 5.11 Å². The van der Waals surface area contributed by atoms with Crippen LogP contribution in [0.15, 0.2) is 59.8 Å². The zero-order valence-corrected chi connectivity index (χ0v) is 21.6. The van der Waals surface area contributed by atoms with E-state index in [0.29, 0.717) is 6.54 Å². The van der Waals surface area contributed by atoms with Crippen LogP contribution in [-0.2, 0) is 12.0 Å². The first-order valence-electron chi connectivity index (χ1n) is 12.5. The molecule has 4 aromatic rings. The van der Waals surface area contributed by atoms with E-state index in [1.165, 1.54) is 17.7 Å². The molecule has 194 valence electrons. The predicted molar refractivity (Wildman–Crippen MR) is 147 cm³/mol.